The van der Waals surface area contributed by atoms with E-state index in [1.807, 2.05) is 24.8 Å². The van der Waals surface area contributed by atoms with E-state index in [0.717, 1.165) is 43.6 Å². The van der Waals surface area contributed by atoms with E-state index in [-0.39, 0.29) is 12.0 Å². The summed E-state index contributed by atoms with van der Waals surface area (Å²) in [4.78, 5) is 23.4. The van der Waals surface area contributed by atoms with Gasteiger partial charge in [0.05, 0.1) is 6.54 Å². The molecule has 0 N–H and O–H groups in total. The molecule has 1 saturated heterocycles. The molecule has 2 fully saturated rings. The van der Waals surface area contributed by atoms with Gasteiger partial charge in [0, 0.05) is 23.9 Å². The maximum Gasteiger partial charge on any atom is 0.317 e. The lowest BCUT2D eigenvalue weighted by Gasteiger charge is -2.35. The minimum absolute atomic E-state index is 0.0116. The van der Waals surface area contributed by atoms with E-state index < -0.39 is 0 Å². The Morgan fingerprint density at radius 1 is 1.09 bits per heavy atom. The van der Waals surface area contributed by atoms with Gasteiger partial charge in [0.2, 0.25) is 5.91 Å². The third kappa shape index (κ3) is 4.21. The van der Waals surface area contributed by atoms with Gasteiger partial charge in [-0.2, -0.15) is 0 Å². The van der Waals surface area contributed by atoms with E-state index in [2.05, 4.69) is 9.97 Å². The zero-order valence-electron chi connectivity index (χ0n) is 14.3. The van der Waals surface area contributed by atoms with Crippen LogP contribution in [0.3, 0.4) is 0 Å². The smallest absolute Gasteiger partial charge is 0.317 e. The average Bonchev–Trinajstić information content (AvgIpc) is 2.54. The summed E-state index contributed by atoms with van der Waals surface area (Å²) in [5.74, 6) is 0.569. The number of hydrogen-bond donors (Lipinski definition) is 0. The standard InChI is InChI=1S/C18H27N3O2/c1-13-11-14(2)20-18(19-13)23-16-9-6-10-21(12-16)17(22)15-7-4-3-5-8-15/h11,15-16H,3-10,12H2,1-2H3. The number of carbonyl (C=O) groups is 1. The lowest BCUT2D eigenvalue weighted by molar-refractivity contribution is -0.139. The molecule has 0 bridgehead atoms. The van der Waals surface area contributed by atoms with Gasteiger partial charge < -0.3 is 9.64 Å². The van der Waals surface area contributed by atoms with E-state index in [0.29, 0.717) is 18.5 Å². The predicted octanol–water partition coefficient (Wildman–Crippen LogP) is 3.04. The van der Waals surface area contributed by atoms with Crippen molar-refractivity contribution in [2.24, 2.45) is 5.92 Å². The normalized spacial score (nSPS) is 22.9. The highest BCUT2D eigenvalue weighted by molar-refractivity contribution is 5.79. The zero-order chi connectivity index (χ0) is 16.2. The van der Waals surface area contributed by atoms with Gasteiger partial charge in [-0.25, -0.2) is 9.97 Å². The summed E-state index contributed by atoms with van der Waals surface area (Å²) in [6, 6.07) is 2.38. The number of hydrogen-bond acceptors (Lipinski definition) is 4. The highest BCUT2D eigenvalue weighted by Crippen LogP contribution is 2.27. The third-order valence-corrected chi connectivity index (χ3v) is 4.88. The first-order valence-electron chi connectivity index (χ1n) is 8.89. The van der Waals surface area contributed by atoms with Gasteiger partial charge in [-0.3, -0.25) is 4.79 Å². The molecule has 2 aliphatic rings. The Labute approximate surface area is 138 Å². The van der Waals surface area contributed by atoms with Crippen LogP contribution in [0.4, 0.5) is 0 Å². The Morgan fingerprint density at radius 3 is 2.48 bits per heavy atom. The maximum atomic E-state index is 12.7. The van der Waals surface area contributed by atoms with Crippen LogP contribution in [0.2, 0.25) is 0 Å². The van der Waals surface area contributed by atoms with Crippen LogP contribution < -0.4 is 4.74 Å². The van der Waals surface area contributed by atoms with Crippen LogP contribution in [-0.2, 0) is 4.79 Å². The number of aromatic nitrogens is 2. The maximum absolute atomic E-state index is 12.7. The first-order chi connectivity index (χ1) is 11.1. The summed E-state index contributed by atoms with van der Waals surface area (Å²) in [5, 5.41) is 0. The van der Waals surface area contributed by atoms with E-state index >= 15 is 0 Å². The SMILES string of the molecule is Cc1cc(C)nc(OC2CCCN(C(=O)C3CCCCC3)C2)n1. The number of nitrogens with zero attached hydrogens (tertiary/aromatic N) is 3. The van der Waals surface area contributed by atoms with E-state index in [4.69, 9.17) is 4.74 Å². The largest absolute Gasteiger partial charge is 0.458 e. The van der Waals surface area contributed by atoms with Crippen LogP contribution in [0.15, 0.2) is 6.07 Å². The number of carbonyl (C=O) groups excluding carboxylic acids is 1. The molecule has 0 spiro atoms. The molecule has 1 saturated carbocycles. The molecule has 126 valence electrons. The third-order valence-electron chi connectivity index (χ3n) is 4.88. The number of amides is 1. The van der Waals surface area contributed by atoms with Gasteiger partial charge in [-0.15, -0.1) is 0 Å². The van der Waals surface area contributed by atoms with Crippen molar-refractivity contribution in [1.29, 1.82) is 0 Å². The highest BCUT2D eigenvalue weighted by atomic mass is 16.5. The lowest BCUT2D eigenvalue weighted by atomic mass is 9.88. The van der Waals surface area contributed by atoms with Crippen molar-refractivity contribution in [3.05, 3.63) is 17.5 Å². The highest BCUT2D eigenvalue weighted by Gasteiger charge is 2.30. The van der Waals surface area contributed by atoms with Crippen LogP contribution >= 0.6 is 0 Å². The molecular formula is C18H27N3O2. The van der Waals surface area contributed by atoms with Crippen LogP contribution in [0, 0.1) is 19.8 Å². The molecule has 2 heterocycles. The number of piperidine rings is 1. The van der Waals surface area contributed by atoms with Crippen molar-refractivity contribution in [1.82, 2.24) is 14.9 Å². The summed E-state index contributed by atoms with van der Waals surface area (Å²) < 4.78 is 5.97. The molecule has 1 amide bonds. The fraction of sp³-hybridized carbons (Fsp3) is 0.722. The molecule has 1 aliphatic heterocycles. The molecule has 0 radical (unpaired) electrons. The second kappa shape index (κ2) is 7.28. The van der Waals surface area contributed by atoms with Crippen molar-refractivity contribution in [2.75, 3.05) is 13.1 Å². The van der Waals surface area contributed by atoms with Crippen molar-refractivity contribution in [2.45, 2.75) is 64.9 Å². The first-order valence-corrected chi connectivity index (χ1v) is 8.89. The zero-order valence-corrected chi connectivity index (χ0v) is 14.3. The molecule has 1 atom stereocenters. The van der Waals surface area contributed by atoms with Gasteiger partial charge in [0.25, 0.3) is 0 Å². The van der Waals surface area contributed by atoms with Gasteiger partial charge in [0.1, 0.15) is 6.10 Å². The number of rotatable bonds is 3. The van der Waals surface area contributed by atoms with E-state index in [1.54, 1.807) is 0 Å². The molecule has 5 nitrogen and oxygen atoms in total. The first kappa shape index (κ1) is 16.2. The summed E-state index contributed by atoms with van der Waals surface area (Å²) in [6.07, 6.45) is 7.75. The Bertz CT molecular complexity index is 535. The molecule has 5 heteroatoms. The Kier molecular flexibility index (Phi) is 5.13. The molecule has 1 unspecified atom stereocenters. The predicted molar refractivity (Wildman–Crippen MR) is 88.3 cm³/mol. The number of ether oxygens (including phenoxy) is 1. The summed E-state index contributed by atoms with van der Waals surface area (Å²) >= 11 is 0. The molecule has 1 aromatic heterocycles. The molecular weight excluding hydrogens is 290 g/mol. The van der Waals surface area contributed by atoms with Crippen LogP contribution in [0.5, 0.6) is 6.01 Å². The van der Waals surface area contributed by atoms with Gasteiger partial charge in [-0.05, 0) is 45.6 Å². The Morgan fingerprint density at radius 2 is 1.78 bits per heavy atom. The average molecular weight is 317 g/mol. The van der Waals surface area contributed by atoms with Crippen molar-refractivity contribution < 1.29 is 9.53 Å². The molecule has 23 heavy (non-hydrogen) atoms. The number of likely N-dealkylation sites (tertiary alicyclic amines) is 1. The molecule has 3 rings (SSSR count). The van der Waals surface area contributed by atoms with Gasteiger partial charge >= 0.3 is 6.01 Å². The number of aryl methyl sites for hydroxylation is 2. The topological polar surface area (TPSA) is 55.3 Å². The van der Waals surface area contributed by atoms with E-state index in [9.17, 15) is 4.79 Å². The Balaban J connectivity index is 1.60. The minimum Gasteiger partial charge on any atom is -0.458 e. The van der Waals surface area contributed by atoms with Gasteiger partial charge in [0.15, 0.2) is 0 Å². The van der Waals surface area contributed by atoms with Crippen LogP contribution in [-0.4, -0.2) is 40.0 Å². The second-order valence-electron chi connectivity index (χ2n) is 6.93. The van der Waals surface area contributed by atoms with E-state index in [1.165, 1.54) is 19.3 Å². The summed E-state index contributed by atoms with van der Waals surface area (Å²) in [7, 11) is 0. The van der Waals surface area contributed by atoms with Crippen LogP contribution in [0.25, 0.3) is 0 Å². The monoisotopic (exact) mass is 317 g/mol. The molecule has 1 aliphatic carbocycles. The van der Waals surface area contributed by atoms with Gasteiger partial charge in [-0.1, -0.05) is 19.3 Å². The van der Waals surface area contributed by atoms with Crippen molar-refractivity contribution in [3.8, 4) is 6.01 Å². The van der Waals surface area contributed by atoms with Crippen molar-refractivity contribution >= 4 is 5.91 Å². The minimum atomic E-state index is 0.0116. The second-order valence-corrected chi connectivity index (χ2v) is 6.93. The molecule has 0 aromatic carbocycles. The summed E-state index contributed by atoms with van der Waals surface area (Å²) in [5.41, 5.74) is 1.83. The summed E-state index contributed by atoms with van der Waals surface area (Å²) in [6.45, 7) is 5.43. The molecule has 1 aromatic rings. The van der Waals surface area contributed by atoms with Crippen molar-refractivity contribution in [3.63, 3.8) is 0 Å². The lowest BCUT2D eigenvalue weighted by Crippen LogP contribution is -2.47. The quantitative estimate of drug-likeness (QED) is 0.860. The fourth-order valence-electron chi connectivity index (χ4n) is 3.74. The fourth-order valence-corrected chi connectivity index (χ4v) is 3.74. The van der Waals surface area contributed by atoms with Crippen LogP contribution in [0.1, 0.15) is 56.3 Å². The Hall–Kier alpha value is -1.65.